The second-order valence-electron chi connectivity index (χ2n) is 2.73. The topological polar surface area (TPSA) is 0 Å². The van der Waals surface area contributed by atoms with Gasteiger partial charge in [0.15, 0.2) is 0 Å². The Labute approximate surface area is 79.6 Å². The molecule has 0 amide bonds. The maximum Gasteiger partial charge on any atom is 0.459 e. The molecule has 0 aromatic rings. The van der Waals surface area contributed by atoms with Crippen LogP contribution < -0.4 is 0 Å². The molecular formula is C7H6F8. The molecule has 90 valence electrons. The molecule has 0 rings (SSSR count). The van der Waals surface area contributed by atoms with Crippen LogP contribution in [0.5, 0.6) is 0 Å². The van der Waals surface area contributed by atoms with Gasteiger partial charge in [0, 0.05) is 0 Å². The van der Waals surface area contributed by atoms with Gasteiger partial charge in [-0.1, -0.05) is 6.08 Å². The van der Waals surface area contributed by atoms with Gasteiger partial charge in [0.25, 0.3) is 0 Å². The molecule has 1 unspecified atom stereocenters. The molecule has 0 aliphatic heterocycles. The first-order valence-corrected chi connectivity index (χ1v) is 3.54. The zero-order valence-electron chi connectivity index (χ0n) is 7.09. The molecule has 0 saturated heterocycles. The van der Waals surface area contributed by atoms with Crippen LogP contribution >= 0.6 is 0 Å². The van der Waals surface area contributed by atoms with Crippen LogP contribution in [-0.2, 0) is 0 Å². The zero-order chi connectivity index (χ0) is 12.5. The highest BCUT2D eigenvalue weighted by molar-refractivity contribution is 4.95. The minimum atomic E-state index is -6.42. The summed E-state index contributed by atoms with van der Waals surface area (Å²) in [7, 11) is 0. The predicted octanol–water partition coefficient (Wildman–Crippen LogP) is 3.73. The summed E-state index contributed by atoms with van der Waals surface area (Å²) in [5.41, 5.74) is 0. The van der Waals surface area contributed by atoms with E-state index in [0.29, 0.717) is 0 Å². The minimum absolute atomic E-state index is 0.223. The first kappa shape index (κ1) is 14.2. The first-order valence-electron chi connectivity index (χ1n) is 3.54. The van der Waals surface area contributed by atoms with E-state index in [-0.39, 0.29) is 6.08 Å². The highest BCUT2D eigenvalue weighted by Crippen LogP contribution is 2.48. The maximum atomic E-state index is 12.4. The summed E-state index contributed by atoms with van der Waals surface area (Å²) in [5, 5.41) is 0. The van der Waals surface area contributed by atoms with Crippen molar-refractivity contribution in [2.24, 2.45) is 0 Å². The molecule has 1 atom stereocenters. The summed E-state index contributed by atoms with van der Waals surface area (Å²) >= 11 is 0. The second kappa shape index (κ2) is 3.97. The van der Waals surface area contributed by atoms with Crippen LogP contribution in [0.25, 0.3) is 0 Å². The van der Waals surface area contributed by atoms with E-state index in [9.17, 15) is 35.1 Å². The minimum Gasteiger partial charge on any atom is -0.243 e. The van der Waals surface area contributed by atoms with Crippen LogP contribution in [0, 0.1) is 0 Å². The van der Waals surface area contributed by atoms with Crippen molar-refractivity contribution in [3.8, 4) is 0 Å². The predicted molar refractivity (Wildman–Crippen MR) is 35.7 cm³/mol. The third kappa shape index (κ3) is 2.82. The average Bonchev–Trinajstić information content (AvgIpc) is 2.00. The Kier molecular flexibility index (Phi) is 3.76. The Morgan fingerprint density at radius 2 is 1.40 bits per heavy atom. The van der Waals surface area contributed by atoms with E-state index in [4.69, 9.17) is 0 Å². The van der Waals surface area contributed by atoms with Crippen LogP contribution in [0.2, 0.25) is 0 Å². The largest absolute Gasteiger partial charge is 0.459 e. The van der Waals surface area contributed by atoms with Crippen molar-refractivity contribution in [1.29, 1.82) is 0 Å². The van der Waals surface area contributed by atoms with Crippen molar-refractivity contribution in [2.45, 2.75) is 30.6 Å². The van der Waals surface area contributed by atoms with Gasteiger partial charge in [-0.3, -0.25) is 0 Å². The van der Waals surface area contributed by atoms with Crippen molar-refractivity contribution < 1.29 is 35.1 Å². The van der Waals surface area contributed by atoms with Crippen LogP contribution in [0.1, 0.15) is 6.42 Å². The van der Waals surface area contributed by atoms with E-state index in [1.807, 2.05) is 0 Å². The fourth-order valence-corrected chi connectivity index (χ4v) is 0.664. The van der Waals surface area contributed by atoms with Crippen molar-refractivity contribution >= 4 is 0 Å². The van der Waals surface area contributed by atoms with Gasteiger partial charge in [0.1, 0.15) is 6.17 Å². The molecule has 0 saturated carbocycles. The van der Waals surface area contributed by atoms with E-state index in [1.54, 1.807) is 0 Å². The van der Waals surface area contributed by atoms with Gasteiger partial charge in [-0.05, 0) is 0 Å². The van der Waals surface area contributed by atoms with Gasteiger partial charge in [0.05, 0.1) is 6.42 Å². The molecule has 0 nitrogen and oxygen atoms in total. The van der Waals surface area contributed by atoms with E-state index in [0.717, 1.165) is 0 Å². The molecule has 0 radical (unpaired) electrons. The molecule has 0 fully saturated rings. The Bertz CT molecular complexity index is 228. The Morgan fingerprint density at radius 1 is 1.00 bits per heavy atom. The highest BCUT2D eigenvalue weighted by Gasteiger charge is 2.72. The maximum absolute atomic E-state index is 12.4. The number of hydrogen-bond donors (Lipinski definition) is 0. The van der Waals surface area contributed by atoms with Crippen LogP contribution in [-0.4, -0.2) is 24.2 Å². The van der Waals surface area contributed by atoms with Gasteiger partial charge < -0.3 is 0 Å². The monoisotopic (exact) mass is 242 g/mol. The van der Waals surface area contributed by atoms with Crippen molar-refractivity contribution in [1.82, 2.24) is 0 Å². The lowest BCUT2D eigenvalue weighted by Gasteiger charge is -2.28. The summed E-state index contributed by atoms with van der Waals surface area (Å²) < 4.78 is 95.8. The summed E-state index contributed by atoms with van der Waals surface area (Å²) in [4.78, 5) is 0. The molecule has 0 aliphatic rings. The van der Waals surface area contributed by atoms with E-state index in [1.165, 1.54) is 0 Å². The summed E-state index contributed by atoms with van der Waals surface area (Å²) in [5.74, 6) is -11.8. The molecule has 0 aromatic heterocycles. The third-order valence-electron chi connectivity index (χ3n) is 1.52. The second-order valence-corrected chi connectivity index (χ2v) is 2.73. The lowest BCUT2D eigenvalue weighted by atomic mass is 10.0. The fraction of sp³-hybridized carbons (Fsp3) is 0.714. The molecule has 0 spiro atoms. The standard InChI is InChI=1S/C7H6F8/c1-2-4(8)3-5(9,10)6(11,12)7(13,14)15/h2,4H,1,3H2. The first-order chi connectivity index (χ1) is 6.45. The fourth-order valence-electron chi connectivity index (χ4n) is 0.664. The molecule has 0 N–H and O–H groups in total. The summed E-state index contributed by atoms with van der Waals surface area (Å²) in [6.07, 6.45) is -11.1. The van der Waals surface area contributed by atoms with Crippen molar-refractivity contribution in [2.75, 3.05) is 0 Å². The van der Waals surface area contributed by atoms with Gasteiger partial charge in [-0.15, -0.1) is 6.58 Å². The lowest BCUT2D eigenvalue weighted by molar-refractivity contribution is -0.356. The van der Waals surface area contributed by atoms with Crippen LogP contribution in [0.3, 0.4) is 0 Å². The summed E-state index contributed by atoms with van der Waals surface area (Å²) in [6, 6.07) is 0. The number of rotatable bonds is 4. The van der Waals surface area contributed by atoms with Gasteiger partial charge in [-0.25, -0.2) is 4.39 Å². The quantitative estimate of drug-likeness (QED) is 0.520. The molecular weight excluding hydrogens is 236 g/mol. The number of allylic oxidation sites excluding steroid dienone is 1. The summed E-state index contributed by atoms with van der Waals surface area (Å²) in [6.45, 7) is 2.65. The van der Waals surface area contributed by atoms with Gasteiger partial charge in [0.2, 0.25) is 0 Å². The van der Waals surface area contributed by atoms with E-state index in [2.05, 4.69) is 6.58 Å². The van der Waals surface area contributed by atoms with Gasteiger partial charge >= 0.3 is 18.0 Å². The molecule has 0 bridgehead atoms. The van der Waals surface area contributed by atoms with Crippen LogP contribution in [0.15, 0.2) is 12.7 Å². The Hall–Kier alpha value is -0.820. The molecule has 0 heterocycles. The number of hydrogen-bond acceptors (Lipinski definition) is 0. The molecule has 8 heteroatoms. The average molecular weight is 242 g/mol. The smallest absolute Gasteiger partial charge is 0.243 e. The van der Waals surface area contributed by atoms with E-state index >= 15 is 0 Å². The highest BCUT2D eigenvalue weighted by atomic mass is 19.4. The SMILES string of the molecule is C=CC(F)CC(F)(F)C(F)(F)C(F)(F)F. The lowest BCUT2D eigenvalue weighted by Crippen LogP contribution is -2.52. The van der Waals surface area contributed by atoms with Crippen LogP contribution in [0.4, 0.5) is 35.1 Å². The van der Waals surface area contributed by atoms with Crippen molar-refractivity contribution in [3.63, 3.8) is 0 Å². The number of alkyl halides is 8. The molecule has 15 heavy (non-hydrogen) atoms. The normalized spacial score (nSPS) is 16.3. The Balaban J connectivity index is 4.93. The third-order valence-corrected chi connectivity index (χ3v) is 1.52. The molecule has 0 aromatic carbocycles. The molecule has 0 aliphatic carbocycles. The number of halogens is 8. The zero-order valence-corrected chi connectivity index (χ0v) is 7.09. The Morgan fingerprint density at radius 3 is 1.67 bits per heavy atom. The van der Waals surface area contributed by atoms with Gasteiger partial charge in [-0.2, -0.15) is 30.7 Å². The van der Waals surface area contributed by atoms with E-state index < -0.39 is 30.6 Å². The van der Waals surface area contributed by atoms with Crippen molar-refractivity contribution in [3.05, 3.63) is 12.7 Å².